The third-order valence-corrected chi connectivity index (χ3v) is 6.56. The van der Waals surface area contributed by atoms with Gasteiger partial charge in [0, 0.05) is 27.3 Å². The summed E-state index contributed by atoms with van der Waals surface area (Å²) in [6.07, 6.45) is -0.265. The molecular formula is C19H17F3N2O4S. The molecule has 0 spiro atoms. The van der Waals surface area contributed by atoms with Crippen LogP contribution in [0.4, 0.5) is 13.2 Å². The molecule has 0 saturated carbocycles. The molecular weight excluding hydrogens is 409 g/mol. The van der Waals surface area contributed by atoms with E-state index in [2.05, 4.69) is 10.1 Å². The van der Waals surface area contributed by atoms with Crippen molar-refractivity contribution in [2.75, 3.05) is 0 Å². The first-order valence-corrected chi connectivity index (χ1v) is 10.1. The van der Waals surface area contributed by atoms with Gasteiger partial charge >= 0.3 is 12.1 Å². The number of carboxylic acids is 1. The minimum atomic E-state index is -4.72. The van der Waals surface area contributed by atoms with Gasteiger partial charge in [0.2, 0.25) is 0 Å². The van der Waals surface area contributed by atoms with Crippen molar-refractivity contribution in [3.05, 3.63) is 32.3 Å². The van der Waals surface area contributed by atoms with Crippen molar-refractivity contribution in [3.8, 4) is 11.5 Å². The lowest BCUT2D eigenvalue weighted by Gasteiger charge is -2.16. The number of ketones is 1. The van der Waals surface area contributed by atoms with E-state index in [1.165, 1.54) is 11.3 Å². The lowest BCUT2D eigenvalue weighted by molar-refractivity contribution is -0.146. The van der Waals surface area contributed by atoms with Crippen LogP contribution in [0.1, 0.15) is 53.2 Å². The molecule has 0 radical (unpaired) electrons. The highest BCUT2D eigenvalue weighted by atomic mass is 32.1. The van der Waals surface area contributed by atoms with Crippen molar-refractivity contribution in [2.45, 2.75) is 57.5 Å². The number of aryl methyl sites for hydroxylation is 1. The van der Waals surface area contributed by atoms with Gasteiger partial charge < -0.3 is 9.63 Å². The fourth-order valence-corrected chi connectivity index (χ4v) is 5.36. The molecule has 0 fully saturated rings. The van der Waals surface area contributed by atoms with Crippen LogP contribution in [0.15, 0.2) is 15.7 Å². The highest BCUT2D eigenvalue weighted by Gasteiger charge is 2.38. The van der Waals surface area contributed by atoms with Crippen molar-refractivity contribution in [2.24, 2.45) is 0 Å². The molecule has 2 aliphatic rings. The predicted molar refractivity (Wildman–Crippen MR) is 96.5 cm³/mol. The zero-order valence-electron chi connectivity index (χ0n) is 15.3. The number of carbonyl (C=O) groups excluding carboxylic acids is 1. The standard InChI is InChI=1S/C19H17F3N2O4S/c20-19(21,22)18-23-16(28-24-18)15-11-6-3-7-13(11)29-14(15)8-12(25)9-4-1-2-5-10(9)17(26)27/h1-8H2,(H,26,27). The number of fused-ring (bicyclic) bond motifs is 1. The van der Waals surface area contributed by atoms with Crippen LogP contribution >= 0.6 is 11.3 Å². The molecule has 0 aliphatic heterocycles. The molecule has 0 unspecified atom stereocenters. The second-order valence-corrected chi connectivity index (χ2v) is 8.34. The Morgan fingerprint density at radius 2 is 1.79 bits per heavy atom. The molecule has 2 aromatic rings. The number of hydrogen-bond acceptors (Lipinski definition) is 6. The van der Waals surface area contributed by atoms with Gasteiger partial charge in [-0.2, -0.15) is 18.2 Å². The number of alkyl halides is 3. The number of carbonyl (C=O) groups is 2. The SMILES string of the molecule is O=C(O)C1=C(C(=O)Cc2sc3c(c2-c2nc(C(F)(F)F)no2)CCC3)CCCC1. The Labute approximate surface area is 167 Å². The van der Waals surface area contributed by atoms with E-state index >= 15 is 0 Å². The number of hydrogen-bond donors (Lipinski definition) is 1. The van der Waals surface area contributed by atoms with E-state index in [9.17, 15) is 27.9 Å². The first-order chi connectivity index (χ1) is 13.8. The Morgan fingerprint density at radius 3 is 2.45 bits per heavy atom. The molecule has 2 aromatic heterocycles. The molecule has 0 bridgehead atoms. The van der Waals surface area contributed by atoms with E-state index in [0.717, 1.165) is 36.1 Å². The summed E-state index contributed by atoms with van der Waals surface area (Å²) >= 11 is 1.36. The number of aromatic nitrogens is 2. The highest BCUT2D eigenvalue weighted by Crippen LogP contribution is 2.42. The molecule has 0 aromatic carbocycles. The lowest BCUT2D eigenvalue weighted by atomic mass is 9.88. The quantitative estimate of drug-likeness (QED) is 0.763. The summed E-state index contributed by atoms with van der Waals surface area (Å²) in [7, 11) is 0. The molecule has 154 valence electrons. The summed E-state index contributed by atoms with van der Waals surface area (Å²) < 4.78 is 43.6. The summed E-state index contributed by atoms with van der Waals surface area (Å²) in [5.41, 5.74) is 1.72. The molecule has 2 aliphatic carbocycles. The summed E-state index contributed by atoms with van der Waals surface area (Å²) in [6.45, 7) is 0. The maximum absolute atomic E-state index is 12.9. The first kappa shape index (κ1) is 19.8. The monoisotopic (exact) mass is 426 g/mol. The van der Waals surface area contributed by atoms with Crippen molar-refractivity contribution in [1.82, 2.24) is 10.1 Å². The number of allylic oxidation sites excluding steroid dienone is 1. The smallest absolute Gasteiger partial charge is 0.455 e. The molecule has 29 heavy (non-hydrogen) atoms. The van der Waals surface area contributed by atoms with Crippen LogP contribution in [-0.4, -0.2) is 27.0 Å². The third kappa shape index (κ3) is 3.73. The van der Waals surface area contributed by atoms with E-state index in [1.807, 2.05) is 0 Å². The number of carboxylic acid groups (broad SMARTS) is 1. The predicted octanol–water partition coefficient (Wildman–Crippen LogP) is 4.37. The second kappa shape index (κ2) is 7.40. The van der Waals surface area contributed by atoms with E-state index < -0.39 is 18.0 Å². The minimum Gasteiger partial charge on any atom is -0.478 e. The van der Waals surface area contributed by atoms with Gasteiger partial charge in [0.1, 0.15) is 0 Å². The van der Waals surface area contributed by atoms with Gasteiger partial charge in [-0.25, -0.2) is 4.79 Å². The molecule has 4 rings (SSSR count). The van der Waals surface area contributed by atoms with Crippen LogP contribution in [0.3, 0.4) is 0 Å². The Bertz CT molecular complexity index is 1020. The van der Waals surface area contributed by atoms with E-state index in [0.29, 0.717) is 35.3 Å². The normalized spacial score (nSPS) is 16.9. The second-order valence-electron chi connectivity index (χ2n) is 7.15. The summed E-state index contributed by atoms with van der Waals surface area (Å²) in [5.74, 6) is -2.99. The lowest BCUT2D eigenvalue weighted by Crippen LogP contribution is -2.17. The Balaban J connectivity index is 1.71. The van der Waals surface area contributed by atoms with E-state index in [-0.39, 0.29) is 23.7 Å². The molecule has 2 heterocycles. The summed E-state index contributed by atoms with van der Waals surface area (Å²) in [4.78, 5) is 29.4. The van der Waals surface area contributed by atoms with Crippen molar-refractivity contribution < 1.29 is 32.4 Å². The largest absolute Gasteiger partial charge is 0.478 e. The average molecular weight is 426 g/mol. The summed E-state index contributed by atoms with van der Waals surface area (Å²) in [5, 5.41) is 12.4. The molecule has 0 atom stereocenters. The van der Waals surface area contributed by atoms with Crippen LogP contribution in [0.5, 0.6) is 0 Å². The van der Waals surface area contributed by atoms with Crippen molar-refractivity contribution >= 4 is 23.1 Å². The first-order valence-electron chi connectivity index (χ1n) is 9.29. The van der Waals surface area contributed by atoms with Gasteiger partial charge in [0.05, 0.1) is 5.56 Å². The minimum absolute atomic E-state index is 0.0805. The number of thiophene rings is 1. The van der Waals surface area contributed by atoms with Gasteiger partial charge in [-0.1, -0.05) is 5.16 Å². The third-order valence-electron chi connectivity index (χ3n) is 5.27. The Morgan fingerprint density at radius 1 is 1.07 bits per heavy atom. The van der Waals surface area contributed by atoms with Crippen LogP contribution in [0, 0.1) is 0 Å². The molecule has 10 heteroatoms. The van der Waals surface area contributed by atoms with Crippen LogP contribution in [-0.2, 0) is 35.0 Å². The molecule has 6 nitrogen and oxygen atoms in total. The highest BCUT2D eigenvalue weighted by molar-refractivity contribution is 7.12. The maximum Gasteiger partial charge on any atom is 0.455 e. The zero-order valence-corrected chi connectivity index (χ0v) is 16.1. The van der Waals surface area contributed by atoms with Crippen LogP contribution in [0.25, 0.3) is 11.5 Å². The molecule has 0 amide bonds. The van der Waals surface area contributed by atoms with E-state index in [4.69, 9.17) is 4.52 Å². The van der Waals surface area contributed by atoms with Crippen molar-refractivity contribution in [1.29, 1.82) is 0 Å². The topological polar surface area (TPSA) is 93.3 Å². The fourth-order valence-electron chi connectivity index (χ4n) is 3.98. The van der Waals surface area contributed by atoms with Gasteiger partial charge in [0.15, 0.2) is 5.78 Å². The maximum atomic E-state index is 12.9. The van der Waals surface area contributed by atoms with E-state index in [1.54, 1.807) is 0 Å². The zero-order chi connectivity index (χ0) is 20.8. The van der Waals surface area contributed by atoms with Gasteiger partial charge in [-0.05, 0) is 50.5 Å². The Hall–Kier alpha value is -2.49. The average Bonchev–Trinajstić information content (AvgIpc) is 3.36. The van der Waals surface area contributed by atoms with Crippen molar-refractivity contribution in [3.63, 3.8) is 0 Å². The number of Topliss-reactive ketones (excluding diaryl/α,β-unsaturated/α-hetero) is 1. The number of halogens is 3. The van der Waals surface area contributed by atoms with Gasteiger partial charge in [0.25, 0.3) is 11.7 Å². The van der Waals surface area contributed by atoms with Crippen LogP contribution in [0.2, 0.25) is 0 Å². The van der Waals surface area contributed by atoms with Gasteiger partial charge in [-0.15, -0.1) is 11.3 Å². The number of aliphatic carboxylic acids is 1. The number of nitrogens with zero attached hydrogens (tertiary/aromatic N) is 2. The Kier molecular flexibility index (Phi) is 5.05. The number of rotatable bonds is 5. The van der Waals surface area contributed by atoms with Crippen LogP contribution < -0.4 is 0 Å². The molecule has 1 N–H and O–H groups in total. The van der Waals surface area contributed by atoms with Gasteiger partial charge in [-0.3, -0.25) is 4.79 Å². The summed E-state index contributed by atoms with van der Waals surface area (Å²) in [6, 6.07) is 0. The fraction of sp³-hybridized carbons (Fsp3) is 0.474. The molecule has 0 saturated heterocycles.